The monoisotopic (exact) mass is 381 g/mol. The van der Waals surface area contributed by atoms with Gasteiger partial charge >= 0.3 is 0 Å². The maximum Gasteiger partial charge on any atom is 0.0576 e. The molecule has 6 heteroatoms. The summed E-state index contributed by atoms with van der Waals surface area (Å²) in [6, 6.07) is 4.61. The van der Waals surface area contributed by atoms with Crippen molar-refractivity contribution < 1.29 is 0 Å². The Balaban J connectivity index is 0.00000180. The molecule has 0 bridgehead atoms. The van der Waals surface area contributed by atoms with Crippen LogP contribution in [0.4, 0.5) is 0 Å². The summed E-state index contributed by atoms with van der Waals surface area (Å²) in [4.78, 5) is 7.09. The van der Waals surface area contributed by atoms with Crippen molar-refractivity contribution in [2.45, 2.75) is 18.9 Å². The van der Waals surface area contributed by atoms with Crippen LogP contribution in [0.2, 0.25) is 0 Å². The van der Waals surface area contributed by atoms with Gasteiger partial charge in [-0.3, -0.25) is 9.88 Å². The maximum absolute atomic E-state index is 4.56. The van der Waals surface area contributed by atoms with Crippen LogP contribution in [0, 0.1) is 0 Å². The van der Waals surface area contributed by atoms with Crippen LogP contribution in [0.15, 0.2) is 35.5 Å². The van der Waals surface area contributed by atoms with Gasteiger partial charge < -0.3 is 5.32 Å². The van der Waals surface area contributed by atoms with Gasteiger partial charge in [0.2, 0.25) is 0 Å². The number of pyridine rings is 1. The van der Waals surface area contributed by atoms with Crippen molar-refractivity contribution in [3.05, 3.63) is 41.2 Å². The zero-order valence-corrected chi connectivity index (χ0v) is 14.6. The van der Waals surface area contributed by atoms with Crippen LogP contribution in [0.25, 0.3) is 0 Å². The lowest BCUT2D eigenvalue weighted by molar-refractivity contribution is 0.163. The molecule has 0 unspecified atom stereocenters. The van der Waals surface area contributed by atoms with Crippen LogP contribution in [-0.2, 0) is 0 Å². The largest absolute Gasteiger partial charge is 0.314 e. The molecule has 114 valence electrons. The van der Waals surface area contributed by atoms with Gasteiger partial charge in [-0.05, 0) is 40.9 Å². The van der Waals surface area contributed by atoms with Crippen molar-refractivity contribution in [3.63, 3.8) is 0 Å². The van der Waals surface area contributed by atoms with E-state index in [9.17, 15) is 0 Å². The van der Waals surface area contributed by atoms with Gasteiger partial charge in [0.25, 0.3) is 0 Å². The van der Waals surface area contributed by atoms with Gasteiger partial charge in [0.15, 0.2) is 0 Å². The molecule has 0 radical (unpaired) electrons. The molecular weight excluding hydrogens is 361 g/mol. The Labute approximate surface area is 142 Å². The van der Waals surface area contributed by atoms with E-state index in [0.29, 0.717) is 6.04 Å². The molecule has 20 heavy (non-hydrogen) atoms. The Hall–Kier alpha value is -0.130. The third-order valence-corrected chi connectivity index (χ3v) is 3.80. The molecule has 0 aromatic carbocycles. The topological polar surface area (TPSA) is 28.2 Å². The van der Waals surface area contributed by atoms with Gasteiger partial charge in [-0.1, -0.05) is 6.08 Å². The summed E-state index contributed by atoms with van der Waals surface area (Å²) in [6.45, 7) is 8.16. The van der Waals surface area contributed by atoms with Gasteiger partial charge in [0, 0.05) is 36.8 Å². The van der Waals surface area contributed by atoms with E-state index in [1.165, 1.54) is 5.69 Å². The van der Waals surface area contributed by atoms with Gasteiger partial charge in [-0.2, -0.15) is 0 Å². The molecule has 1 aromatic rings. The number of nitrogens with one attached hydrogen (secondary N) is 1. The second-order valence-electron chi connectivity index (χ2n) is 4.57. The quantitative estimate of drug-likeness (QED) is 0.788. The number of hydrogen-bond acceptors (Lipinski definition) is 3. The number of halogens is 3. The summed E-state index contributed by atoms with van der Waals surface area (Å²) in [6.07, 6.45) is 6.01. The molecule has 2 rings (SSSR count). The van der Waals surface area contributed by atoms with Crippen LogP contribution in [-0.4, -0.2) is 36.1 Å². The summed E-state index contributed by atoms with van der Waals surface area (Å²) in [5, 5.41) is 3.40. The average Bonchev–Trinajstić information content (AvgIpc) is 2.42. The molecule has 0 spiro atoms. The van der Waals surface area contributed by atoms with Crippen LogP contribution in [0.1, 0.15) is 24.6 Å². The average molecular weight is 383 g/mol. The second kappa shape index (κ2) is 10.6. The minimum atomic E-state index is 0. The molecule has 0 saturated carbocycles. The molecule has 1 saturated heterocycles. The fraction of sp³-hybridized carbons (Fsp3) is 0.500. The first kappa shape index (κ1) is 19.9. The van der Waals surface area contributed by atoms with Crippen molar-refractivity contribution >= 4 is 40.7 Å². The predicted octanol–water partition coefficient (Wildman–Crippen LogP) is 3.60. The van der Waals surface area contributed by atoms with Crippen molar-refractivity contribution in [2.24, 2.45) is 0 Å². The van der Waals surface area contributed by atoms with E-state index in [4.69, 9.17) is 0 Å². The van der Waals surface area contributed by atoms with E-state index >= 15 is 0 Å². The molecular formula is C14H22BrCl2N3. The van der Waals surface area contributed by atoms with Crippen LogP contribution < -0.4 is 5.32 Å². The Morgan fingerprint density at radius 3 is 2.60 bits per heavy atom. The number of nitrogens with zero attached hydrogens (tertiary/aromatic N) is 2. The molecule has 1 aliphatic rings. The van der Waals surface area contributed by atoms with Gasteiger partial charge in [0.05, 0.1) is 11.7 Å². The molecule has 1 atom stereocenters. The highest BCUT2D eigenvalue weighted by atomic mass is 79.9. The first-order chi connectivity index (χ1) is 8.81. The van der Waals surface area contributed by atoms with Crippen molar-refractivity contribution in [2.75, 3.05) is 26.2 Å². The molecule has 1 fully saturated rings. The normalized spacial score (nSPS) is 16.6. The number of rotatable bonds is 5. The van der Waals surface area contributed by atoms with Gasteiger partial charge in [-0.25, -0.2) is 0 Å². The lowest BCUT2D eigenvalue weighted by Crippen LogP contribution is -2.45. The molecule has 1 aromatic heterocycles. The Morgan fingerprint density at radius 1 is 1.35 bits per heavy atom. The highest BCUT2D eigenvalue weighted by Crippen LogP contribution is 2.25. The molecule has 2 heterocycles. The lowest BCUT2D eigenvalue weighted by Gasteiger charge is -2.34. The fourth-order valence-corrected chi connectivity index (χ4v) is 2.61. The fourth-order valence-electron chi connectivity index (χ4n) is 2.37. The van der Waals surface area contributed by atoms with Crippen molar-refractivity contribution in [1.82, 2.24) is 15.2 Å². The van der Waals surface area contributed by atoms with E-state index in [1.807, 2.05) is 12.3 Å². The Morgan fingerprint density at radius 2 is 2.05 bits per heavy atom. The number of allylic oxidation sites excluding steroid dienone is 1. The molecule has 0 aliphatic carbocycles. The summed E-state index contributed by atoms with van der Waals surface area (Å²) < 4.78 is 1.04. The third kappa shape index (κ3) is 5.70. The highest BCUT2D eigenvalue weighted by molar-refractivity contribution is 9.10. The number of hydrogen-bond donors (Lipinski definition) is 1. The van der Waals surface area contributed by atoms with E-state index in [2.05, 4.69) is 49.8 Å². The van der Waals surface area contributed by atoms with Gasteiger partial charge in [-0.15, -0.1) is 31.4 Å². The summed E-state index contributed by atoms with van der Waals surface area (Å²) >= 11 is 3.44. The SMILES string of the molecule is C=CCC[C@@H](c1ccc(Br)cn1)N1CCNCC1.Cl.Cl. The van der Waals surface area contributed by atoms with Crippen LogP contribution in [0.3, 0.4) is 0 Å². The Bertz CT molecular complexity index is 381. The van der Waals surface area contributed by atoms with E-state index in [0.717, 1.165) is 43.5 Å². The standard InChI is InChI=1S/C14H20BrN3.2ClH/c1-2-3-4-14(18-9-7-16-8-10-18)13-6-5-12(15)11-17-13;;/h2,5-6,11,14,16H,1,3-4,7-10H2;2*1H/t14-;;/m0../s1. The zero-order chi connectivity index (χ0) is 12.8. The first-order valence-electron chi connectivity index (χ1n) is 6.48. The first-order valence-corrected chi connectivity index (χ1v) is 7.27. The number of aromatic nitrogens is 1. The number of piperazine rings is 1. The zero-order valence-electron chi connectivity index (χ0n) is 11.4. The van der Waals surface area contributed by atoms with Crippen LogP contribution >= 0.6 is 40.7 Å². The second-order valence-corrected chi connectivity index (χ2v) is 5.48. The van der Waals surface area contributed by atoms with Crippen molar-refractivity contribution in [3.8, 4) is 0 Å². The molecule has 0 amide bonds. The third-order valence-electron chi connectivity index (χ3n) is 3.33. The Kier molecular flexibility index (Phi) is 10.5. The lowest BCUT2D eigenvalue weighted by atomic mass is 10.0. The van der Waals surface area contributed by atoms with E-state index in [1.54, 1.807) is 0 Å². The minimum absolute atomic E-state index is 0. The predicted molar refractivity (Wildman–Crippen MR) is 93.0 cm³/mol. The maximum atomic E-state index is 4.56. The van der Waals surface area contributed by atoms with E-state index in [-0.39, 0.29) is 24.8 Å². The minimum Gasteiger partial charge on any atom is -0.314 e. The summed E-state index contributed by atoms with van der Waals surface area (Å²) in [7, 11) is 0. The van der Waals surface area contributed by atoms with Crippen LogP contribution in [0.5, 0.6) is 0 Å². The van der Waals surface area contributed by atoms with Gasteiger partial charge in [0.1, 0.15) is 0 Å². The summed E-state index contributed by atoms with van der Waals surface area (Å²) in [5.41, 5.74) is 1.17. The molecule has 1 aliphatic heterocycles. The van der Waals surface area contributed by atoms with E-state index < -0.39 is 0 Å². The highest BCUT2D eigenvalue weighted by Gasteiger charge is 2.22. The molecule has 1 N–H and O–H groups in total. The smallest absolute Gasteiger partial charge is 0.0576 e. The van der Waals surface area contributed by atoms with Crippen molar-refractivity contribution in [1.29, 1.82) is 0 Å². The molecule has 3 nitrogen and oxygen atoms in total. The summed E-state index contributed by atoms with van der Waals surface area (Å²) in [5.74, 6) is 0.